The molecule has 0 amide bonds. The maximum atomic E-state index is 12.1. The van der Waals surface area contributed by atoms with Gasteiger partial charge in [-0.25, -0.2) is 8.42 Å². The van der Waals surface area contributed by atoms with Crippen molar-refractivity contribution < 1.29 is 17.3 Å². The minimum atomic E-state index is -3.36. The van der Waals surface area contributed by atoms with Gasteiger partial charge >= 0.3 is 0 Å². The average Bonchev–Trinajstić information content (AvgIpc) is 2.30. The molecule has 1 rings (SSSR count). The van der Waals surface area contributed by atoms with Crippen LogP contribution >= 0.6 is 0 Å². The first-order chi connectivity index (χ1) is 9.88. The molecule has 5 nitrogen and oxygen atoms in total. The van der Waals surface area contributed by atoms with Gasteiger partial charge in [-0.15, -0.1) is 6.58 Å². The minimum absolute atomic E-state index is 0.0502. The van der Waals surface area contributed by atoms with E-state index in [-0.39, 0.29) is 33.5 Å². The molecule has 0 aliphatic rings. The molecule has 0 atom stereocenters. The molecule has 1 aromatic heterocycles. The van der Waals surface area contributed by atoms with Gasteiger partial charge in [0.15, 0.2) is 15.6 Å². The molecule has 124 valence electrons. The Morgan fingerprint density at radius 1 is 1.36 bits per heavy atom. The topological polar surface area (TPSA) is 73.6 Å². The largest absolute Gasteiger partial charge is 0.539 e. The Morgan fingerprint density at radius 2 is 1.95 bits per heavy atom. The summed E-state index contributed by atoms with van der Waals surface area (Å²) in [5.74, 6) is -0.237. The zero-order valence-electron chi connectivity index (χ0n) is 13.8. The Labute approximate surface area is 133 Å². The van der Waals surface area contributed by atoms with Crippen LogP contribution in [0.1, 0.15) is 26.5 Å². The van der Waals surface area contributed by atoms with Crippen LogP contribution in [0.5, 0.6) is 5.75 Å². The molecule has 0 aromatic carbocycles. The highest BCUT2D eigenvalue weighted by molar-refractivity contribution is 7.90. The van der Waals surface area contributed by atoms with Crippen LogP contribution in [0.25, 0.3) is 0 Å². The molecule has 0 bridgehead atoms. The quantitative estimate of drug-likeness (QED) is 0.585. The van der Waals surface area contributed by atoms with Crippen molar-refractivity contribution in [2.45, 2.75) is 44.7 Å². The molecular weight excluding hydrogens is 320 g/mol. The van der Waals surface area contributed by atoms with Crippen molar-refractivity contribution in [3.8, 4) is 5.75 Å². The van der Waals surface area contributed by atoms with Gasteiger partial charge in [0, 0.05) is 6.07 Å². The van der Waals surface area contributed by atoms with E-state index in [1.165, 1.54) is 18.4 Å². The molecule has 0 spiro atoms. The number of hydrogen-bond acceptors (Lipinski definition) is 5. The Hall–Kier alpha value is -1.34. The van der Waals surface area contributed by atoms with E-state index in [1.807, 2.05) is 13.1 Å². The van der Waals surface area contributed by atoms with Crippen molar-refractivity contribution in [2.24, 2.45) is 0 Å². The van der Waals surface area contributed by atoms with E-state index in [2.05, 4.69) is 27.4 Å². The molecule has 0 unspecified atom stereocenters. The van der Waals surface area contributed by atoms with Gasteiger partial charge in [-0.05, 0) is 18.1 Å². The van der Waals surface area contributed by atoms with Crippen LogP contribution in [-0.4, -0.2) is 22.5 Å². The molecule has 0 fully saturated rings. The molecular formula is C15H24O5SSi. The summed E-state index contributed by atoms with van der Waals surface area (Å²) in [5.41, 5.74) is -0.361. The fourth-order valence-corrected chi connectivity index (χ4v) is 3.54. The number of sulfone groups is 1. The Bertz CT molecular complexity index is 695. The molecule has 0 saturated carbocycles. The van der Waals surface area contributed by atoms with E-state index in [0.29, 0.717) is 0 Å². The standard InChI is InChI=1S/C15H24O5SSi/c1-7-8-21(17,18)11-12-9-13(16)14(10-19-12)20-22(5,6)15(2,3)4/h7,9-10H,1,8,11H2,2-6H3. The molecule has 0 saturated heterocycles. The lowest BCUT2D eigenvalue weighted by atomic mass is 10.2. The Kier molecular flexibility index (Phi) is 5.45. The lowest BCUT2D eigenvalue weighted by Crippen LogP contribution is -2.44. The fraction of sp³-hybridized carbons (Fsp3) is 0.533. The first kappa shape index (κ1) is 18.7. The first-order valence-electron chi connectivity index (χ1n) is 7.00. The average molecular weight is 345 g/mol. The summed E-state index contributed by atoms with van der Waals surface area (Å²) < 4.78 is 34.6. The summed E-state index contributed by atoms with van der Waals surface area (Å²) in [7, 11) is -5.50. The van der Waals surface area contributed by atoms with Crippen molar-refractivity contribution in [1.29, 1.82) is 0 Å². The van der Waals surface area contributed by atoms with E-state index in [1.54, 1.807) is 0 Å². The maximum Gasteiger partial charge on any atom is 0.250 e. The van der Waals surface area contributed by atoms with E-state index >= 15 is 0 Å². The normalized spacial score (nSPS) is 13.0. The third-order valence-electron chi connectivity index (χ3n) is 3.76. The molecule has 0 aliphatic heterocycles. The van der Waals surface area contributed by atoms with Gasteiger partial charge in [-0.3, -0.25) is 4.79 Å². The van der Waals surface area contributed by atoms with E-state index in [9.17, 15) is 13.2 Å². The zero-order chi connectivity index (χ0) is 17.2. The second-order valence-electron chi connectivity index (χ2n) is 6.78. The molecule has 1 aromatic rings. The molecule has 0 radical (unpaired) electrons. The Morgan fingerprint density at radius 3 is 2.41 bits per heavy atom. The van der Waals surface area contributed by atoms with Gasteiger partial charge in [0.05, 0.1) is 5.75 Å². The predicted molar refractivity (Wildman–Crippen MR) is 90.5 cm³/mol. The van der Waals surface area contributed by atoms with Crippen LogP contribution in [0, 0.1) is 0 Å². The van der Waals surface area contributed by atoms with Crippen molar-refractivity contribution in [1.82, 2.24) is 0 Å². The van der Waals surface area contributed by atoms with E-state index in [4.69, 9.17) is 8.84 Å². The number of hydrogen-bond donors (Lipinski definition) is 0. The van der Waals surface area contributed by atoms with Gasteiger partial charge in [0.25, 0.3) is 8.32 Å². The maximum absolute atomic E-state index is 12.1. The van der Waals surface area contributed by atoms with Gasteiger partial charge < -0.3 is 8.84 Å². The van der Waals surface area contributed by atoms with Crippen LogP contribution in [0.4, 0.5) is 0 Å². The van der Waals surface area contributed by atoms with Crippen molar-refractivity contribution in [3.05, 3.63) is 41.0 Å². The highest BCUT2D eigenvalue weighted by Crippen LogP contribution is 2.36. The minimum Gasteiger partial charge on any atom is -0.539 e. The van der Waals surface area contributed by atoms with Crippen molar-refractivity contribution in [2.75, 3.05) is 5.75 Å². The highest BCUT2D eigenvalue weighted by Gasteiger charge is 2.39. The van der Waals surface area contributed by atoms with Gasteiger partial charge in [-0.2, -0.15) is 0 Å². The molecule has 22 heavy (non-hydrogen) atoms. The SMILES string of the molecule is C=CCS(=O)(=O)Cc1cc(=O)c(O[Si](C)(C)C(C)(C)C)co1. The summed E-state index contributed by atoms with van der Waals surface area (Å²) in [6, 6.07) is 1.18. The summed E-state index contributed by atoms with van der Waals surface area (Å²) in [6.07, 6.45) is 2.52. The van der Waals surface area contributed by atoms with Gasteiger partial charge in [-0.1, -0.05) is 26.8 Å². The second kappa shape index (κ2) is 6.42. The Balaban J connectivity index is 3.01. The molecule has 1 heterocycles. The second-order valence-corrected chi connectivity index (χ2v) is 13.6. The van der Waals surface area contributed by atoms with Crippen LogP contribution in [0.2, 0.25) is 18.1 Å². The lowest BCUT2D eigenvalue weighted by Gasteiger charge is -2.35. The fourth-order valence-electron chi connectivity index (χ4n) is 1.47. The van der Waals surface area contributed by atoms with Crippen LogP contribution in [0.15, 0.2) is 34.2 Å². The monoisotopic (exact) mass is 344 g/mol. The third-order valence-corrected chi connectivity index (χ3v) is 9.57. The van der Waals surface area contributed by atoms with Crippen molar-refractivity contribution in [3.63, 3.8) is 0 Å². The summed E-state index contributed by atoms with van der Waals surface area (Å²) >= 11 is 0. The first-order valence-corrected chi connectivity index (χ1v) is 11.7. The summed E-state index contributed by atoms with van der Waals surface area (Å²) in [6.45, 7) is 13.6. The lowest BCUT2D eigenvalue weighted by molar-refractivity contribution is 0.438. The molecule has 7 heteroatoms. The summed E-state index contributed by atoms with van der Waals surface area (Å²) in [5, 5.41) is -0.0502. The smallest absolute Gasteiger partial charge is 0.250 e. The van der Waals surface area contributed by atoms with Gasteiger partial charge in [0.1, 0.15) is 17.8 Å². The zero-order valence-corrected chi connectivity index (χ0v) is 15.6. The number of rotatable bonds is 6. The van der Waals surface area contributed by atoms with Crippen LogP contribution < -0.4 is 9.85 Å². The predicted octanol–water partition coefficient (Wildman–Crippen LogP) is 3.12. The summed E-state index contributed by atoms with van der Waals surface area (Å²) in [4.78, 5) is 12.1. The van der Waals surface area contributed by atoms with Gasteiger partial charge in [0.2, 0.25) is 5.43 Å². The van der Waals surface area contributed by atoms with Crippen LogP contribution in [0.3, 0.4) is 0 Å². The molecule has 0 N–H and O–H groups in total. The van der Waals surface area contributed by atoms with Crippen molar-refractivity contribution >= 4 is 18.2 Å². The third kappa shape index (κ3) is 4.84. The van der Waals surface area contributed by atoms with E-state index in [0.717, 1.165) is 0 Å². The van der Waals surface area contributed by atoms with E-state index < -0.39 is 18.2 Å². The molecule has 0 aliphatic carbocycles. The van der Waals surface area contributed by atoms with Crippen LogP contribution in [-0.2, 0) is 15.6 Å². The highest BCUT2D eigenvalue weighted by atomic mass is 32.2.